The van der Waals surface area contributed by atoms with Gasteiger partial charge in [-0.3, -0.25) is 0 Å². The number of likely N-dealkylation sites (N-methyl/N-ethyl adjacent to an activating group) is 1. The first-order chi connectivity index (χ1) is 9.04. The van der Waals surface area contributed by atoms with Crippen LogP contribution < -0.4 is 10.2 Å². The third kappa shape index (κ3) is 5.57. The van der Waals surface area contributed by atoms with Crippen LogP contribution in [0.4, 0.5) is 10.1 Å². The van der Waals surface area contributed by atoms with Gasteiger partial charge in [0.05, 0.1) is 11.8 Å². The summed E-state index contributed by atoms with van der Waals surface area (Å²) in [6, 6.07) is 6.67. The lowest BCUT2D eigenvalue weighted by atomic mass is 10.2. The molecule has 1 unspecified atom stereocenters. The lowest BCUT2D eigenvalue weighted by Gasteiger charge is -2.26. The molecule has 0 saturated heterocycles. The van der Waals surface area contributed by atoms with E-state index in [4.69, 9.17) is 0 Å². The van der Waals surface area contributed by atoms with Crippen LogP contribution in [0.5, 0.6) is 0 Å². The van der Waals surface area contributed by atoms with E-state index < -0.39 is 6.10 Å². The van der Waals surface area contributed by atoms with Crippen molar-refractivity contribution >= 4 is 5.69 Å². The predicted octanol–water partition coefficient (Wildman–Crippen LogP) is 2.26. The highest BCUT2D eigenvalue weighted by molar-refractivity contribution is 5.47. The minimum absolute atomic E-state index is 0.244. The van der Waals surface area contributed by atoms with E-state index >= 15 is 0 Å². The Balaban J connectivity index is 2.50. The molecular formula is C15H25FN2O. The maximum absolute atomic E-state index is 13.7. The highest BCUT2D eigenvalue weighted by atomic mass is 19.1. The fraction of sp³-hybridized carbons (Fsp3) is 0.600. The highest BCUT2D eigenvalue weighted by Gasteiger charge is 2.13. The van der Waals surface area contributed by atoms with Gasteiger partial charge in [0.25, 0.3) is 0 Å². The Kier molecular flexibility index (Phi) is 6.81. The van der Waals surface area contributed by atoms with Crippen molar-refractivity contribution < 1.29 is 9.50 Å². The fourth-order valence-electron chi connectivity index (χ4n) is 1.96. The molecule has 2 N–H and O–H groups in total. The number of nitrogens with zero attached hydrogens (tertiary/aromatic N) is 1. The van der Waals surface area contributed by atoms with E-state index in [1.54, 1.807) is 12.1 Å². The Hall–Kier alpha value is -1.13. The van der Waals surface area contributed by atoms with Crippen LogP contribution >= 0.6 is 0 Å². The van der Waals surface area contributed by atoms with Crippen LogP contribution in [0.2, 0.25) is 0 Å². The van der Waals surface area contributed by atoms with E-state index in [-0.39, 0.29) is 5.82 Å². The van der Waals surface area contributed by atoms with Gasteiger partial charge in [0.1, 0.15) is 5.82 Å². The van der Waals surface area contributed by atoms with Crippen LogP contribution in [-0.2, 0) is 0 Å². The first-order valence-electron chi connectivity index (χ1n) is 6.92. The van der Waals surface area contributed by atoms with Gasteiger partial charge in [0.2, 0.25) is 0 Å². The van der Waals surface area contributed by atoms with E-state index in [0.717, 1.165) is 6.54 Å². The van der Waals surface area contributed by atoms with Gasteiger partial charge in [0, 0.05) is 19.6 Å². The number of anilines is 1. The summed E-state index contributed by atoms with van der Waals surface area (Å²) in [4.78, 5) is 1.86. The number of hydrogen-bond acceptors (Lipinski definition) is 3. The second kappa shape index (κ2) is 8.12. The van der Waals surface area contributed by atoms with Gasteiger partial charge in [-0.2, -0.15) is 0 Å². The van der Waals surface area contributed by atoms with Gasteiger partial charge < -0.3 is 15.3 Å². The molecule has 19 heavy (non-hydrogen) atoms. The third-order valence-electron chi connectivity index (χ3n) is 2.94. The van der Waals surface area contributed by atoms with Gasteiger partial charge in [-0.05, 0) is 31.5 Å². The van der Waals surface area contributed by atoms with Gasteiger partial charge in [-0.15, -0.1) is 0 Å². The van der Waals surface area contributed by atoms with Crippen molar-refractivity contribution in [1.29, 1.82) is 0 Å². The summed E-state index contributed by atoms with van der Waals surface area (Å²) in [5.41, 5.74) is 0.549. The molecule has 0 aliphatic heterocycles. The Morgan fingerprint density at radius 1 is 1.26 bits per heavy atom. The second-order valence-electron chi connectivity index (χ2n) is 5.20. The maximum Gasteiger partial charge on any atom is 0.146 e. The molecule has 1 atom stereocenters. The number of aliphatic hydroxyl groups is 1. The van der Waals surface area contributed by atoms with Crippen molar-refractivity contribution in [3.8, 4) is 0 Å². The monoisotopic (exact) mass is 268 g/mol. The van der Waals surface area contributed by atoms with E-state index in [9.17, 15) is 9.50 Å². The number of benzene rings is 1. The molecule has 0 amide bonds. The van der Waals surface area contributed by atoms with Crippen LogP contribution in [0.1, 0.15) is 20.8 Å². The molecule has 4 heteroatoms. The lowest BCUT2D eigenvalue weighted by Crippen LogP contribution is -2.39. The van der Waals surface area contributed by atoms with Gasteiger partial charge in [-0.25, -0.2) is 4.39 Å². The van der Waals surface area contributed by atoms with E-state index in [2.05, 4.69) is 19.2 Å². The Bertz CT molecular complexity index is 371. The molecule has 0 aliphatic carbocycles. The summed E-state index contributed by atoms with van der Waals surface area (Å²) in [6.45, 7) is 8.71. The predicted molar refractivity (Wildman–Crippen MR) is 78.0 cm³/mol. The molecule has 0 bridgehead atoms. The zero-order chi connectivity index (χ0) is 14.3. The number of halogens is 1. The molecule has 0 fully saturated rings. The van der Waals surface area contributed by atoms with Gasteiger partial charge in [-0.1, -0.05) is 26.0 Å². The molecule has 0 saturated carbocycles. The van der Waals surface area contributed by atoms with Crippen LogP contribution in [0, 0.1) is 11.7 Å². The second-order valence-corrected chi connectivity index (χ2v) is 5.20. The van der Waals surface area contributed by atoms with Crippen molar-refractivity contribution in [1.82, 2.24) is 5.32 Å². The van der Waals surface area contributed by atoms with E-state index in [1.807, 2.05) is 17.9 Å². The molecule has 3 nitrogen and oxygen atoms in total. The summed E-state index contributed by atoms with van der Waals surface area (Å²) in [5.74, 6) is 0.313. The molecular weight excluding hydrogens is 243 g/mol. The zero-order valence-electron chi connectivity index (χ0n) is 12.1. The summed E-state index contributed by atoms with van der Waals surface area (Å²) >= 11 is 0. The summed E-state index contributed by atoms with van der Waals surface area (Å²) < 4.78 is 13.7. The van der Waals surface area contributed by atoms with Crippen molar-refractivity contribution in [2.75, 3.05) is 31.1 Å². The number of aliphatic hydroxyl groups excluding tert-OH is 1. The maximum atomic E-state index is 13.7. The minimum atomic E-state index is -0.502. The van der Waals surface area contributed by atoms with Crippen LogP contribution in [0.15, 0.2) is 24.3 Å². The highest BCUT2D eigenvalue weighted by Crippen LogP contribution is 2.18. The number of nitrogens with one attached hydrogen (secondary N) is 1. The number of hydrogen-bond donors (Lipinski definition) is 2. The molecule has 1 aromatic carbocycles. The van der Waals surface area contributed by atoms with Gasteiger partial charge >= 0.3 is 0 Å². The first kappa shape index (κ1) is 15.9. The molecule has 0 spiro atoms. The largest absolute Gasteiger partial charge is 0.390 e. The molecule has 0 aliphatic rings. The van der Waals surface area contributed by atoms with E-state index in [0.29, 0.717) is 31.2 Å². The van der Waals surface area contributed by atoms with Crippen molar-refractivity contribution in [2.24, 2.45) is 5.92 Å². The summed E-state index contributed by atoms with van der Waals surface area (Å²) in [5, 5.41) is 13.2. The normalized spacial score (nSPS) is 12.7. The van der Waals surface area contributed by atoms with Crippen LogP contribution in [0.3, 0.4) is 0 Å². The van der Waals surface area contributed by atoms with E-state index in [1.165, 1.54) is 6.07 Å². The molecule has 0 heterocycles. The van der Waals surface area contributed by atoms with Crippen molar-refractivity contribution in [3.05, 3.63) is 30.1 Å². The molecule has 0 radical (unpaired) electrons. The molecule has 0 aromatic heterocycles. The standard InChI is InChI=1S/C15H25FN2O/c1-4-18(15-8-6-5-7-14(15)16)11-13(19)10-17-9-12(2)3/h5-8,12-13,17,19H,4,9-11H2,1-3H3. The number of rotatable bonds is 8. The topological polar surface area (TPSA) is 35.5 Å². The zero-order valence-corrected chi connectivity index (χ0v) is 12.1. The third-order valence-corrected chi connectivity index (χ3v) is 2.94. The Morgan fingerprint density at radius 2 is 1.95 bits per heavy atom. The average Bonchev–Trinajstić information content (AvgIpc) is 2.36. The lowest BCUT2D eigenvalue weighted by molar-refractivity contribution is 0.175. The fourth-order valence-corrected chi connectivity index (χ4v) is 1.96. The van der Waals surface area contributed by atoms with Crippen LogP contribution in [0.25, 0.3) is 0 Å². The summed E-state index contributed by atoms with van der Waals surface area (Å²) in [6.07, 6.45) is -0.502. The van der Waals surface area contributed by atoms with Crippen LogP contribution in [-0.4, -0.2) is 37.4 Å². The minimum Gasteiger partial charge on any atom is -0.390 e. The first-order valence-corrected chi connectivity index (χ1v) is 6.92. The molecule has 108 valence electrons. The number of para-hydroxylation sites is 1. The van der Waals surface area contributed by atoms with Crippen molar-refractivity contribution in [2.45, 2.75) is 26.9 Å². The Labute approximate surface area is 115 Å². The molecule has 1 aromatic rings. The SMILES string of the molecule is CCN(CC(O)CNCC(C)C)c1ccccc1F. The average molecular weight is 268 g/mol. The van der Waals surface area contributed by atoms with Gasteiger partial charge in [0.15, 0.2) is 0 Å². The Morgan fingerprint density at radius 3 is 2.53 bits per heavy atom. The quantitative estimate of drug-likeness (QED) is 0.759. The molecule has 1 rings (SSSR count). The smallest absolute Gasteiger partial charge is 0.146 e. The summed E-state index contributed by atoms with van der Waals surface area (Å²) in [7, 11) is 0. The van der Waals surface area contributed by atoms with Crippen molar-refractivity contribution in [3.63, 3.8) is 0 Å².